The molecular formula is C23H29ClN2O2. The lowest BCUT2D eigenvalue weighted by molar-refractivity contribution is -0.140. The van der Waals surface area contributed by atoms with Crippen LogP contribution in [-0.4, -0.2) is 29.3 Å². The fraction of sp³-hybridized carbons (Fsp3) is 0.391. The molecule has 2 aromatic rings. The second-order valence-electron chi connectivity index (χ2n) is 7.07. The van der Waals surface area contributed by atoms with Gasteiger partial charge in [0.25, 0.3) is 0 Å². The Labute approximate surface area is 172 Å². The first-order valence-electron chi connectivity index (χ1n) is 9.78. The summed E-state index contributed by atoms with van der Waals surface area (Å²) >= 11 is 6.21. The van der Waals surface area contributed by atoms with E-state index in [0.29, 0.717) is 31.0 Å². The van der Waals surface area contributed by atoms with Gasteiger partial charge >= 0.3 is 0 Å². The van der Waals surface area contributed by atoms with Crippen molar-refractivity contribution < 1.29 is 9.59 Å². The first kappa shape index (κ1) is 22.0. The van der Waals surface area contributed by atoms with Crippen molar-refractivity contribution in [3.63, 3.8) is 0 Å². The lowest BCUT2D eigenvalue weighted by Crippen LogP contribution is -2.47. The number of carbonyl (C=O) groups is 2. The minimum absolute atomic E-state index is 0.0559. The van der Waals surface area contributed by atoms with E-state index in [2.05, 4.69) is 5.32 Å². The van der Waals surface area contributed by atoms with Crippen LogP contribution in [0, 0.1) is 6.92 Å². The number of halogens is 1. The Hall–Kier alpha value is -2.33. The summed E-state index contributed by atoms with van der Waals surface area (Å²) in [6.07, 6.45) is 1.71. The number of benzene rings is 2. The molecule has 28 heavy (non-hydrogen) atoms. The second kappa shape index (κ2) is 10.9. The van der Waals surface area contributed by atoms with E-state index in [1.54, 1.807) is 11.8 Å². The van der Waals surface area contributed by atoms with Gasteiger partial charge in [0.05, 0.1) is 0 Å². The fourth-order valence-corrected chi connectivity index (χ4v) is 3.19. The number of rotatable bonds is 9. The second-order valence-corrected chi connectivity index (χ2v) is 7.47. The Bertz CT molecular complexity index is 789. The highest BCUT2D eigenvalue weighted by molar-refractivity contribution is 6.31. The normalized spacial score (nSPS) is 11.7. The van der Waals surface area contributed by atoms with Gasteiger partial charge in [0.2, 0.25) is 11.8 Å². The fourth-order valence-electron chi connectivity index (χ4n) is 2.96. The lowest BCUT2D eigenvalue weighted by Gasteiger charge is -2.29. The summed E-state index contributed by atoms with van der Waals surface area (Å²) in [4.78, 5) is 27.2. The van der Waals surface area contributed by atoms with Gasteiger partial charge in [0.1, 0.15) is 6.04 Å². The smallest absolute Gasteiger partial charge is 0.242 e. The number of nitrogens with zero attached hydrogens (tertiary/aromatic N) is 1. The number of nitrogens with one attached hydrogen (secondary N) is 1. The Balaban J connectivity index is 2.13. The van der Waals surface area contributed by atoms with Gasteiger partial charge in [-0.1, -0.05) is 66.6 Å². The molecule has 0 radical (unpaired) electrons. The molecule has 0 heterocycles. The minimum atomic E-state index is -0.536. The molecule has 0 saturated heterocycles. The van der Waals surface area contributed by atoms with Crippen molar-refractivity contribution in [2.24, 2.45) is 0 Å². The molecule has 150 valence electrons. The van der Waals surface area contributed by atoms with Crippen LogP contribution in [0.25, 0.3) is 0 Å². The molecule has 5 heteroatoms. The van der Waals surface area contributed by atoms with Gasteiger partial charge in [0, 0.05) is 24.5 Å². The third-order valence-corrected chi connectivity index (χ3v) is 5.12. The molecule has 0 bridgehead atoms. The molecule has 2 aromatic carbocycles. The summed E-state index contributed by atoms with van der Waals surface area (Å²) in [5.74, 6) is -0.181. The Morgan fingerprint density at radius 2 is 1.79 bits per heavy atom. The van der Waals surface area contributed by atoms with Crippen molar-refractivity contribution in [3.05, 3.63) is 70.2 Å². The van der Waals surface area contributed by atoms with E-state index in [-0.39, 0.29) is 11.8 Å². The van der Waals surface area contributed by atoms with E-state index in [0.717, 1.165) is 23.1 Å². The first-order chi connectivity index (χ1) is 13.4. The van der Waals surface area contributed by atoms with Gasteiger partial charge in [-0.05, 0) is 43.9 Å². The molecule has 4 nitrogen and oxygen atoms in total. The molecule has 0 aromatic heterocycles. The molecule has 0 aliphatic rings. The van der Waals surface area contributed by atoms with Crippen LogP contribution in [0.4, 0.5) is 0 Å². The van der Waals surface area contributed by atoms with Crippen LogP contribution < -0.4 is 5.32 Å². The molecule has 0 aliphatic carbocycles. The molecule has 2 amide bonds. The number of aryl methyl sites for hydroxylation is 2. The van der Waals surface area contributed by atoms with Crippen molar-refractivity contribution >= 4 is 23.4 Å². The van der Waals surface area contributed by atoms with Crippen molar-refractivity contribution in [2.75, 3.05) is 6.54 Å². The van der Waals surface area contributed by atoms with Crippen LogP contribution in [0.5, 0.6) is 0 Å². The van der Waals surface area contributed by atoms with Crippen molar-refractivity contribution in [1.29, 1.82) is 0 Å². The predicted octanol–water partition coefficient (Wildman–Crippen LogP) is 4.52. The molecule has 2 rings (SSSR count). The average Bonchev–Trinajstić information content (AvgIpc) is 2.70. The molecule has 0 aliphatic heterocycles. The quantitative estimate of drug-likeness (QED) is 0.672. The summed E-state index contributed by atoms with van der Waals surface area (Å²) in [5, 5.41) is 3.55. The Kier molecular flexibility index (Phi) is 8.52. The van der Waals surface area contributed by atoms with Gasteiger partial charge < -0.3 is 10.2 Å². The molecular weight excluding hydrogens is 372 g/mol. The summed E-state index contributed by atoms with van der Waals surface area (Å²) in [6.45, 7) is 6.82. The van der Waals surface area contributed by atoms with Crippen molar-refractivity contribution in [2.45, 2.75) is 52.6 Å². The van der Waals surface area contributed by atoms with Crippen LogP contribution in [-0.2, 0) is 22.6 Å². The zero-order chi connectivity index (χ0) is 20.5. The maximum atomic E-state index is 13.0. The maximum Gasteiger partial charge on any atom is 0.242 e. The van der Waals surface area contributed by atoms with Crippen LogP contribution in [0.3, 0.4) is 0 Å². The molecule has 1 N–H and O–H groups in total. The summed E-state index contributed by atoms with van der Waals surface area (Å²) in [5.41, 5.74) is 3.11. The third kappa shape index (κ3) is 6.38. The highest BCUT2D eigenvalue weighted by Crippen LogP contribution is 2.18. The van der Waals surface area contributed by atoms with Crippen molar-refractivity contribution in [1.82, 2.24) is 10.2 Å². The van der Waals surface area contributed by atoms with E-state index in [1.807, 2.05) is 62.4 Å². The Morgan fingerprint density at radius 3 is 2.43 bits per heavy atom. The van der Waals surface area contributed by atoms with Gasteiger partial charge in [-0.3, -0.25) is 9.59 Å². The average molecular weight is 401 g/mol. The van der Waals surface area contributed by atoms with Crippen molar-refractivity contribution in [3.8, 4) is 0 Å². The van der Waals surface area contributed by atoms with Crippen LogP contribution in [0.15, 0.2) is 48.5 Å². The topological polar surface area (TPSA) is 49.4 Å². The number of hydrogen-bond acceptors (Lipinski definition) is 2. The standard InChI is InChI=1S/C23H29ClN2O2/c1-4-15-25-23(28)18(3)26(16-19-11-9-17(2)10-12-19)22(27)14-13-20-7-5-6-8-21(20)24/h5-12,18H,4,13-16H2,1-3H3,(H,25,28)/t18-/m0/s1. The Morgan fingerprint density at radius 1 is 1.11 bits per heavy atom. The number of carbonyl (C=O) groups excluding carboxylic acids is 2. The molecule has 0 unspecified atom stereocenters. The van der Waals surface area contributed by atoms with Gasteiger partial charge in [-0.2, -0.15) is 0 Å². The van der Waals surface area contributed by atoms with Crippen LogP contribution >= 0.6 is 11.6 Å². The largest absolute Gasteiger partial charge is 0.354 e. The molecule has 0 saturated carbocycles. The molecule has 0 fully saturated rings. The van der Waals surface area contributed by atoms with E-state index < -0.39 is 6.04 Å². The van der Waals surface area contributed by atoms with E-state index in [4.69, 9.17) is 11.6 Å². The zero-order valence-electron chi connectivity index (χ0n) is 16.9. The van der Waals surface area contributed by atoms with Gasteiger partial charge in [-0.15, -0.1) is 0 Å². The number of hydrogen-bond donors (Lipinski definition) is 1. The molecule has 1 atom stereocenters. The summed E-state index contributed by atoms with van der Waals surface area (Å²) in [7, 11) is 0. The molecule has 0 spiro atoms. The SMILES string of the molecule is CCCNC(=O)[C@H](C)N(Cc1ccc(C)cc1)C(=O)CCc1ccccc1Cl. The van der Waals surface area contributed by atoms with Gasteiger partial charge in [0.15, 0.2) is 0 Å². The van der Waals surface area contributed by atoms with E-state index in [1.165, 1.54) is 0 Å². The minimum Gasteiger partial charge on any atom is -0.354 e. The summed E-state index contributed by atoms with van der Waals surface area (Å²) in [6, 6.07) is 15.0. The van der Waals surface area contributed by atoms with Crippen LogP contribution in [0.1, 0.15) is 43.4 Å². The van der Waals surface area contributed by atoms with Gasteiger partial charge in [-0.25, -0.2) is 0 Å². The zero-order valence-corrected chi connectivity index (χ0v) is 17.6. The lowest BCUT2D eigenvalue weighted by atomic mass is 10.1. The first-order valence-corrected chi connectivity index (χ1v) is 10.2. The monoisotopic (exact) mass is 400 g/mol. The van der Waals surface area contributed by atoms with Crippen LogP contribution in [0.2, 0.25) is 5.02 Å². The highest BCUT2D eigenvalue weighted by atomic mass is 35.5. The highest BCUT2D eigenvalue weighted by Gasteiger charge is 2.25. The predicted molar refractivity (Wildman–Crippen MR) is 114 cm³/mol. The maximum absolute atomic E-state index is 13.0. The third-order valence-electron chi connectivity index (χ3n) is 4.76. The van der Waals surface area contributed by atoms with E-state index in [9.17, 15) is 9.59 Å². The number of amides is 2. The van der Waals surface area contributed by atoms with E-state index >= 15 is 0 Å². The summed E-state index contributed by atoms with van der Waals surface area (Å²) < 4.78 is 0.